The highest BCUT2D eigenvalue weighted by molar-refractivity contribution is 5.81. The molecule has 1 heterocycles. The molecule has 1 amide bonds. The zero-order valence-electron chi connectivity index (χ0n) is 14.6. The first kappa shape index (κ1) is 16.9. The molecule has 0 radical (unpaired) electrons. The van der Waals surface area contributed by atoms with E-state index in [4.69, 9.17) is 0 Å². The van der Waals surface area contributed by atoms with Crippen molar-refractivity contribution in [3.8, 4) is 22.5 Å². The van der Waals surface area contributed by atoms with Crippen LogP contribution >= 0.6 is 0 Å². The first-order valence-corrected chi connectivity index (χ1v) is 8.56. The zero-order valence-corrected chi connectivity index (χ0v) is 14.6. The maximum atomic E-state index is 12.5. The topological polar surface area (TPSA) is 51.0 Å². The van der Waals surface area contributed by atoms with E-state index in [0.717, 1.165) is 22.5 Å². The third-order valence-corrected chi connectivity index (χ3v) is 4.23. The van der Waals surface area contributed by atoms with Crippen molar-refractivity contribution >= 4 is 5.91 Å². The summed E-state index contributed by atoms with van der Waals surface area (Å²) in [7, 11) is 0. The zero-order chi connectivity index (χ0) is 17.6. The van der Waals surface area contributed by atoms with E-state index in [9.17, 15) is 4.79 Å². The van der Waals surface area contributed by atoms with E-state index >= 15 is 0 Å². The smallest absolute Gasteiger partial charge is 0.244 e. The molecular weight excluding hydrogens is 312 g/mol. The van der Waals surface area contributed by atoms with Gasteiger partial charge in [-0.05, 0) is 13.8 Å². The SMILES string of the molecule is CCN(CC)C(=O)Cn1nnc(-c2ccccc2)c1-c1ccccc1. The third-order valence-electron chi connectivity index (χ3n) is 4.23. The van der Waals surface area contributed by atoms with Crippen LogP contribution in [0.5, 0.6) is 0 Å². The molecule has 0 fully saturated rings. The Morgan fingerprint density at radius 1 is 0.920 bits per heavy atom. The van der Waals surface area contributed by atoms with Gasteiger partial charge in [0.2, 0.25) is 5.91 Å². The summed E-state index contributed by atoms with van der Waals surface area (Å²) in [5.74, 6) is 0.0479. The van der Waals surface area contributed by atoms with Gasteiger partial charge in [-0.15, -0.1) is 5.10 Å². The van der Waals surface area contributed by atoms with E-state index in [1.165, 1.54) is 0 Å². The highest BCUT2D eigenvalue weighted by Crippen LogP contribution is 2.30. The third kappa shape index (κ3) is 3.60. The maximum absolute atomic E-state index is 12.5. The average Bonchev–Trinajstić information content (AvgIpc) is 3.07. The summed E-state index contributed by atoms with van der Waals surface area (Å²) in [6, 6.07) is 19.9. The number of carbonyl (C=O) groups excluding carboxylic acids is 1. The molecule has 3 aromatic rings. The highest BCUT2D eigenvalue weighted by atomic mass is 16.2. The summed E-state index contributed by atoms with van der Waals surface area (Å²) in [5, 5.41) is 8.65. The first-order chi connectivity index (χ1) is 12.2. The number of hydrogen-bond acceptors (Lipinski definition) is 3. The van der Waals surface area contributed by atoms with Crippen molar-refractivity contribution in [1.82, 2.24) is 19.9 Å². The minimum absolute atomic E-state index is 0.0479. The van der Waals surface area contributed by atoms with Crippen LogP contribution in [0.15, 0.2) is 60.7 Å². The molecule has 0 unspecified atom stereocenters. The fourth-order valence-corrected chi connectivity index (χ4v) is 2.90. The van der Waals surface area contributed by atoms with Crippen molar-refractivity contribution < 1.29 is 4.79 Å². The lowest BCUT2D eigenvalue weighted by Gasteiger charge is -2.19. The Morgan fingerprint density at radius 2 is 1.48 bits per heavy atom. The molecule has 5 nitrogen and oxygen atoms in total. The second kappa shape index (κ2) is 7.75. The van der Waals surface area contributed by atoms with Gasteiger partial charge in [0.05, 0.1) is 5.69 Å². The van der Waals surface area contributed by atoms with Crippen LogP contribution in [0.2, 0.25) is 0 Å². The lowest BCUT2D eigenvalue weighted by atomic mass is 10.0. The van der Waals surface area contributed by atoms with Crippen LogP contribution in [0.3, 0.4) is 0 Å². The van der Waals surface area contributed by atoms with Crippen molar-refractivity contribution in [2.24, 2.45) is 0 Å². The minimum atomic E-state index is 0.0479. The number of aromatic nitrogens is 3. The predicted octanol–water partition coefficient (Wildman–Crippen LogP) is 3.48. The lowest BCUT2D eigenvalue weighted by Crippen LogP contribution is -2.33. The van der Waals surface area contributed by atoms with Crippen LogP contribution in [0.25, 0.3) is 22.5 Å². The van der Waals surface area contributed by atoms with E-state index in [2.05, 4.69) is 10.3 Å². The van der Waals surface area contributed by atoms with Crippen LogP contribution in [0.4, 0.5) is 0 Å². The standard InChI is InChI=1S/C20H22N4O/c1-3-23(4-2)18(25)15-24-20(17-13-9-6-10-14-17)19(21-22-24)16-11-7-5-8-12-16/h5-14H,3-4,15H2,1-2H3. The average molecular weight is 334 g/mol. The fraction of sp³-hybridized carbons (Fsp3) is 0.250. The van der Waals surface area contributed by atoms with Crippen molar-refractivity contribution in [2.45, 2.75) is 20.4 Å². The van der Waals surface area contributed by atoms with Gasteiger partial charge in [0.15, 0.2) is 0 Å². The molecule has 0 atom stereocenters. The van der Waals surface area contributed by atoms with E-state index < -0.39 is 0 Å². The van der Waals surface area contributed by atoms with Gasteiger partial charge >= 0.3 is 0 Å². The Balaban J connectivity index is 2.05. The molecule has 0 saturated carbocycles. The Hall–Kier alpha value is -2.95. The van der Waals surface area contributed by atoms with Crippen LogP contribution in [-0.4, -0.2) is 38.9 Å². The molecule has 1 aromatic heterocycles. The van der Waals surface area contributed by atoms with Crippen LogP contribution in [0.1, 0.15) is 13.8 Å². The van der Waals surface area contributed by atoms with E-state index in [-0.39, 0.29) is 12.5 Å². The first-order valence-electron chi connectivity index (χ1n) is 8.56. The van der Waals surface area contributed by atoms with Crippen molar-refractivity contribution in [1.29, 1.82) is 0 Å². The molecule has 0 bridgehead atoms. The number of nitrogens with zero attached hydrogens (tertiary/aromatic N) is 4. The second-order valence-electron chi connectivity index (χ2n) is 5.74. The van der Waals surface area contributed by atoms with E-state index in [0.29, 0.717) is 13.1 Å². The second-order valence-corrected chi connectivity index (χ2v) is 5.74. The summed E-state index contributed by atoms with van der Waals surface area (Å²) < 4.78 is 1.71. The van der Waals surface area contributed by atoms with E-state index in [1.807, 2.05) is 74.5 Å². The van der Waals surface area contributed by atoms with Crippen molar-refractivity contribution in [3.63, 3.8) is 0 Å². The molecule has 0 aliphatic rings. The number of hydrogen-bond donors (Lipinski definition) is 0. The number of benzene rings is 2. The molecule has 0 N–H and O–H groups in total. The van der Waals surface area contributed by atoms with Crippen LogP contribution < -0.4 is 0 Å². The molecule has 0 aliphatic heterocycles. The van der Waals surface area contributed by atoms with Gasteiger partial charge in [-0.3, -0.25) is 4.79 Å². The lowest BCUT2D eigenvalue weighted by molar-refractivity contribution is -0.131. The summed E-state index contributed by atoms with van der Waals surface area (Å²) >= 11 is 0. The predicted molar refractivity (Wildman–Crippen MR) is 98.8 cm³/mol. The number of carbonyl (C=O) groups is 1. The van der Waals surface area contributed by atoms with Crippen molar-refractivity contribution in [2.75, 3.05) is 13.1 Å². The monoisotopic (exact) mass is 334 g/mol. The Kier molecular flexibility index (Phi) is 5.23. The summed E-state index contributed by atoms with van der Waals surface area (Å²) in [6.07, 6.45) is 0. The van der Waals surface area contributed by atoms with Gasteiger partial charge < -0.3 is 4.90 Å². The van der Waals surface area contributed by atoms with Gasteiger partial charge in [-0.2, -0.15) is 0 Å². The summed E-state index contributed by atoms with van der Waals surface area (Å²) in [4.78, 5) is 14.3. The normalized spacial score (nSPS) is 10.6. The Labute approximate surface area is 147 Å². The molecule has 0 aliphatic carbocycles. The van der Waals surface area contributed by atoms with Gasteiger partial charge in [0.1, 0.15) is 12.2 Å². The largest absolute Gasteiger partial charge is 0.342 e. The van der Waals surface area contributed by atoms with E-state index in [1.54, 1.807) is 9.58 Å². The van der Waals surface area contributed by atoms with Crippen molar-refractivity contribution in [3.05, 3.63) is 60.7 Å². The molecule has 5 heteroatoms. The molecule has 3 rings (SSSR count). The Morgan fingerprint density at radius 3 is 2.04 bits per heavy atom. The maximum Gasteiger partial charge on any atom is 0.244 e. The number of amides is 1. The number of rotatable bonds is 6. The van der Waals surface area contributed by atoms with Crippen LogP contribution in [0, 0.1) is 0 Å². The summed E-state index contributed by atoms with van der Waals surface area (Å²) in [5.41, 5.74) is 3.65. The van der Waals surface area contributed by atoms with Gasteiger partial charge in [0, 0.05) is 24.2 Å². The number of likely N-dealkylation sites (N-methyl/N-ethyl adjacent to an activating group) is 1. The minimum Gasteiger partial charge on any atom is -0.342 e. The molecule has 2 aromatic carbocycles. The molecule has 25 heavy (non-hydrogen) atoms. The molecule has 0 spiro atoms. The van der Waals surface area contributed by atoms with Gasteiger partial charge in [0.25, 0.3) is 0 Å². The van der Waals surface area contributed by atoms with Gasteiger partial charge in [-0.25, -0.2) is 4.68 Å². The van der Waals surface area contributed by atoms with Gasteiger partial charge in [-0.1, -0.05) is 65.9 Å². The molecule has 128 valence electrons. The quantitative estimate of drug-likeness (QED) is 0.693. The Bertz CT molecular complexity index is 823. The molecular formula is C20H22N4O. The van der Waals surface area contributed by atoms with Crippen LogP contribution in [-0.2, 0) is 11.3 Å². The fourth-order valence-electron chi connectivity index (χ4n) is 2.90. The summed E-state index contributed by atoms with van der Waals surface area (Å²) in [6.45, 7) is 5.53. The highest BCUT2D eigenvalue weighted by Gasteiger charge is 2.19. The molecule has 0 saturated heterocycles.